The first-order chi connectivity index (χ1) is 15.0. The molecule has 0 aromatic heterocycles. The zero-order valence-corrected chi connectivity index (χ0v) is 18.1. The largest absolute Gasteiger partial charge is 0.496 e. The van der Waals surface area contributed by atoms with Crippen LogP contribution >= 0.6 is 0 Å². The van der Waals surface area contributed by atoms with Crippen LogP contribution in [0.4, 0.5) is 0 Å². The van der Waals surface area contributed by atoms with E-state index >= 15 is 0 Å². The number of rotatable bonds is 6. The summed E-state index contributed by atoms with van der Waals surface area (Å²) in [6.07, 6.45) is 2.27. The normalized spacial score (nSPS) is 19.7. The van der Waals surface area contributed by atoms with Gasteiger partial charge in [0.1, 0.15) is 17.2 Å². The van der Waals surface area contributed by atoms with Crippen LogP contribution in [-0.4, -0.2) is 51.2 Å². The van der Waals surface area contributed by atoms with Crippen LogP contribution in [0.15, 0.2) is 36.4 Å². The van der Waals surface area contributed by atoms with E-state index in [0.29, 0.717) is 48.7 Å². The maximum Gasteiger partial charge on any atom is 0.339 e. The molecule has 2 aromatic carbocycles. The van der Waals surface area contributed by atoms with Gasteiger partial charge in [0, 0.05) is 36.2 Å². The molecule has 1 fully saturated rings. The summed E-state index contributed by atoms with van der Waals surface area (Å²) in [6.45, 7) is 1.03. The Morgan fingerprint density at radius 1 is 1.10 bits per heavy atom. The minimum atomic E-state index is -0.739. The van der Waals surface area contributed by atoms with E-state index in [0.717, 1.165) is 24.0 Å². The van der Waals surface area contributed by atoms with Crippen molar-refractivity contribution < 1.29 is 28.5 Å². The van der Waals surface area contributed by atoms with Crippen molar-refractivity contribution in [1.29, 1.82) is 0 Å². The molecule has 0 radical (unpaired) electrons. The molecule has 0 aliphatic carbocycles. The highest BCUT2D eigenvalue weighted by Gasteiger charge is 2.48. The van der Waals surface area contributed by atoms with Crippen LogP contribution in [0, 0.1) is 0 Å². The van der Waals surface area contributed by atoms with E-state index in [1.165, 1.54) is 0 Å². The molecular weight excluding hydrogens is 398 g/mol. The van der Waals surface area contributed by atoms with E-state index in [2.05, 4.69) is 0 Å². The number of carbonyl (C=O) groups is 2. The van der Waals surface area contributed by atoms with Gasteiger partial charge in [-0.3, -0.25) is 4.79 Å². The van der Waals surface area contributed by atoms with Crippen molar-refractivity contribution in [3.63, 3.8) is 0 Å². The lowest BCUT2D eigenvalue weighted by Crippen LogP contribution is -2.48. The Hall–Kier alpha value is -3.22. The fourth-order valence-corrected chi connectivity index (χ4v) is 4.60. The predicted octanol–water partition coefficient (Wildman–Crippen LogP) is 3.33. The number of benzene rings is 2. The number of esters is 1. The van der Waals surface area contributed by atoms with Gasteiger partial charge < -0.3 is 23.8 Å². The van der Waals surface area contributed by atoms with Gasteiger partial charge in [0.15, 0.2) is 5.60 Å². The number of hydrogen-bond donors (Lipinski definition) is 0. The number of hydrogen-bond acceptors (Lipinski definition) is 6. The van der Waals surface area contributed by atoms with Gasteiger partial charge in [0.05, 0.1) is 33.4 Å². The lowest BCUT2D eigenvalue weighted by Gasteiger charge is -2.39. The van der Waals surface area contributed by atoms with Gasteiger partial charge >= 0.3 is 5.97 Å². The van der Waals surface area contributed by atoms with Gasteiger partial charge in [-0.25, -0.2) is 4.79 Å². The molecule has 1 atom stereocenters. The highest BCUT2D eigenvalue weighted by atomic mass is 16.6. The molecule has 1 amide bonds. The van der Waals surface area contributed by atoms with Gasteiger partial charge in [-0.1, -0.05) is 18.2 Å². The number of fused-ring (bicyclic) bond motifs is 2. The summed E-state index contributed by atoms with van der Waals surface area (Å²) >= 11 is 0. The van der Waals surface area contributed by atoms with E-state index in [-0.39, 0.29) is 11.9 Å². The smallest absolute Gasteiger partial charge is 0.339 e. The number of piperidine rings is 1. The molecular formula is C24H27NO6. The summed E-state index contributed by atoms with van der Waals surface area (Å²) < 4.78 is 22.1. The van der Waals surface area contributed by atoms with Crippen molar-refractivity contribution in [3.8, 4) is 17.2 Å². The molecule has 7 nitrogen and oxygen atoms in total. The van der Waals surface area contributed by atoms with Gasteiger partial charge in [-0.2, -0.15) is 0 Å². The van der Waals surface area contributed by atoms with Crippen LogP contribution in [0.2, 0.25) is 0 Å². The van der Waals surface area contributed by atoms with Crippen molar-refractivity contribution >= 4 is 11.9 Å². The van der Waals surface area contributed by atoms with E-state index in [9.17, 15) is 9.59 Å². The molecule has 2 heterocycles. The van der Waals surface area contributed by atoms with Crippen molar-refractivity contribution in [2.24, 2.45) is 0 Å². The molecule has 0 N–H and O–H groups in total. The van der Waals surface area contributed by atoms with Gasteiger partial charge in [0.25, 0.3) is 0 Å². The fourth-order valence-electron chi connectivity index (χ4n) is 4.60. The molecule has 2 aliphatic rings. The molecule has 164 valence electrons. The number of nitrogens with zero attached hydrogens (tertiary/aromatic N) is 1. The zero-order chi connectivity index (χ0) is 22.0. The molecule has 1 saturated heterocycles. The first-order valence-corrected chi connectivity index (χ1v) is 10.4. The van der Waals surface area contributed by atoms with Crippen molar-refractivity contribution in [1.82, 2.24) is 4.90 Å². The molecule has 0 saturated carbocycles. The number of likely N-dealkylation sites (tertiary alicyclic amines) is 1. The van der Waals surface area contributed by atoms with Gasteiger partial charge in [0.2, 0.25) is 5.91 Å². The Morgan fingerprint density at radius 3 is 2.48 bits per heavy atom. The fraction of sp³-hybridized carbons (Fsp3) is 0.417. The minimum Gasteiger partial charge on any atom is -0.496 e. The maximum atomic E-state index is 13.1. The molecule has 31 heavy (non-hydrogen) atoms. The second-order valence-electron chi connectivity index (χ2n) is 7.86. The molecule has 7 heteroatoms. The lowest BCUT2D eigenvalue weighted by molar-refractivity contribution is -0.138. The Morgan fingerprint density at radius 2 is 1.81 bits per heavy atom. The van der Waals surface area contributed by atoms with E-state index < -0.39 is 5.60 Å². The van der Waals surface area contributed by atoms with Crippen LogP contribution < -0.4 is 14.2 Å². The third kappa shape index (κ3) is 3.80. The average molecular weight is 425 g/mol. The SMILES string of the molecule is COc1cc(OC)c(CCC(=O)N2CCCC3(C2)OC(=O)c2ccccc23)c(OC)c1. The Balaban J connectivity index is 1.50. The number of carbonyl (C=O) groups excluding carboxylic acids is 2. The molecule has 0 bridgehead atoms. The zero-order valence-electron chi connectivity index (χ0n) is 18.1. The van der Waals surface area contributed by atoms with Crippen LogP contribution in [-0.2, 0) is 21.6 Å². The third-order valence-corrected chi connectivity index (χ3v) is 6.14. The van der Waals surface area contributed by atoms with E-state index in [4.69, 9.17) is 18.9 Å². The summed E-state index contributed by atoms with van der Waals surface area (Å²) in [5, 5.41) is 0. The number of amides is 1. The second-order valence-corrected chi connectivity index (χ2v) is 7.86. The monoisotopic (exact) mass is 425 g/mol. The second kappa shape index (κ2) is 8.49. The van der Waals surface area contributed by atoms with E-state index in [1.54, 1.807) is 44.4 Å². The highest BCUT2D eigenvalue weighted by Crippen LogP contribution is 2.43. The Kier molecular flexibility index (Phi) is 5.76. The lowest BCUT2D eigenvalue weighted by atomic mass is 9.85. The van der Waals surface area contributed by atoms with Gasteiger partial charge in [-0.05, 0) is 25.3 Å². The van der Waals surface area contributed by atoms with E-state index in [1.807, 2.05) is 18.2 Å². The van der Waals surface area contributed by atoms with Crippen LogP contribution in [0.1, 0.15) is 40.7 Å². The van der Waals surface area contributed by atoms with Crippen molar-refractivity contribution in [2.75, 3.05) is 34.4 Å². The number of ether oxygens (including phenoxy) is 4. The molecule has 2 aliphatic heterocycles. The first-order valence-electron chi connectivity index (χ1n) is 10.4. The quantitative estimate of drug-likeness (QED) is 0.661. The summed E-state index contributed by atoms with van der Waals surface area (Å²) in [4.78, 5) is 27.3. The molecule has 2 aromatic rings. The first kappa shape index (κ1) is 21.0. The van der Waals surface area contributed by atoms with Crippen molar-refractivity contribution in [3.05, 3.63) is 53.1 Å². The predicted molar refractivity (Wildman–Crippen MR) is 114 cm³/mol. The Bertz CT molecular complexity index is 978. The topological polar surface area (TPSA) is 74.3 Å². The van der Waals surface area contributed by atoms with Crippen LogP contribution in [0.25, 0.3) is 0 Å². The summed E-state index contributed by atoms with van der Waals surface area (Å²) in [5.74, 6) is 1.58. The van der Waals surface area contributed by atoms with Crippen molar-refractivity contribution in [2.45, 2.75) is 31.3 Å². The number of methoxy groups -OCH3 is 3. The maximum absolute atomic E-state index is 13.1. The highest BCUT2D eigenvalue weighted by molar-refractivity contribution is 5.95. The summed E-state index contributed by atoms with van der Waals surface area (Å²) in [6, 6.07) is 11.0. The standard InChI is InChI=1S/C24H27NO6/c1-28-16-13-20(29-2)18(21(14-16)30-3)9-10-22(26)25-12-6-11-24(15-25)19-8-5-4-7-17(19)23(27)31-24/h4-5,7-8,13-14H,6,9-12,15H2,1-3H3. The molecule has 4 rings (SSSR count). The average Bonchev–Trinajstić information content (AvgIpc) is 3.07. The third-order valence-electron chi connectivity index (χ3n) is 6.14. The van der Waals surface area contributed by atoms with Gasteiger partial charge in [-0.15, -0.1) is 0 Å². The minimum absolute atomic E-state index is 0.0134. The molecule has 1 unspecified atom stereocenters. The summed E-state index contributed by atoms with van der Waals surface area (Å²) in [7, 11) is 4.75. The summed E-state index contributed by atoms with van der Waals surface area (Å²) in [5.41, 5.74) is 1.57. The Labute approximate surface area is 181 Å². The molecule has 1 spiro atoms. The van der Waals surface area contributed by atoms with Crippen LogP contribution in [0.5, 0.6) is 17.2 Å². The van der Waals surface area contributed by atoms with Crippen LogP contribution in [0.3, 0.4) is 0 Å².